The summed E-state index contributed by atoms with van der Waals surface area (Å²) in [5, 5.41) is 11.3. The zero-order valence-electron chi connectivity index (χ0n) is 11.1. The first-order chi connectivity index (χ1) is 8.65. The second kappa shape index (κ2) is 7.58. The predicted octanol–water partition coefficient (Wildman–Crippen LogP) is 3.11. The number of hydrogen-bond donors (Lipinski definition) is 2. The van der Waals surface area contributed by atoms with Gasteiger partial charge in [0.05, 0.1) is 6.61 Å². The standard InChI is InChI=1S/C14H22N2O2/c1-11(2)12-7-3-4-8-13(12)18-10-6-5-9-14(15)16-17/h3-4,7-8,11,17H,5-6,9-10H2,1-2H3,(H2,15,16). The average Bonchev–Trinajstić information content (AvgIpc) is 2.38. The van der Waals surface area contributed by atoms with Gasteiger partial charge in [0.15, 0.2) is 0 Å². The molecule has 3 N–H and O–H groups in total. The van der Waals surface area contributed by atoms with Crippen LogP contribution in [0.15, 0.2) is 29.4 Å². The van der Waals surface area contributed by atoms with Gasteiger partial charge in [-0.2, -0.15) is 0 Å². The van der Waals surface area contributed by atoms with Gasteiger partial charge in [0, 0.05) is 6.42 Å². The van der Waals surface area contributed by atoms with E-state index in [4.69, 9.17) is 15.7 Å². The van der Waals surface area contributed by atoms with Crippen LogP contribution >= 0.6 is 0 Å². The Morgan fingerprint density at radius 3 is 2.72 bits per heavy atom. The van der Waals surface area contributed by atoms with Gasteiger partial charge in [-0.15, -0.1) is 0 Å². The lowest BCUT2D eigenvalue weighted by Crippen LogP contribution is -2.11. The molecule has 4 nitrogen and oxygen atoms in total. The molecule has 0 aliphatic carbocycles. The van der Waals surface area contributed by atoms with E-state index in [1.54, 1.807) is 0 Å². The molecule has 0 amide bonds. The predicted molar refractivity (Wildman–Crippen MR) is 73.3 cm³/mol. The number of benzene rings is 1. The van der Waals surface area contributed by atoms with E-state index in [1.807, 2.05) is 18.2 Å². The Labute approximate surface area is 108 Å². The quantitative estimate of drug-likeness (QED) is 0.257. The van der Waals surface area contributed by atoms with Gasteiger partial charge in [0.1, 0.15) is 11.6 Å². The summed E-state index contributed by atoms with van der Waals surface area (Å²) in [6.07, 6.45) is 2.36. The van der Waals surface area contributed by atoms with E-state index in [-0.39, 0.29) is 5.84 Å². The van der Waals surface area contributed by atoms with Crippen LogP contribution in [0, 0.1) is 0 Å². The van der Waals surface area contributed by atoms with Crippen LogP contribution in [-0.2, 0) is 0 Å². The maximum absolute atomic E-state index is 8.40. The van der Waals surface area contributed by atoms with Crippen molar-refractivity contribution in [3.05, 3.63) is 29.8 Å². The Hall–Kier alpha value is -1.71. The first-order valence-electron chi connectivity index (χ1n) is 6.33. The number of para-hydroxylation sites is 1. The summed E-state index contributed by atoms with van der Waals surface area (Å²) in [5.74, 6) is 1.69. The molecule has 0 radical (unpaired) electrons. The van der Waals surface area contributed by atoms with Crippen LogP contribution < -0.4 is 10.5 Å². The van der Waals surface area contributed by atoms with E-state index in [0.29, 0.717) is 18.9 Å². The third-order valence-electron chi connectivity index (χ3n) is 2.75. The number of nitrogens with two attached hydrogens (primary N) is 1. The summed E-state index contributed by atoms with van der Waals surface area (Å²) in [6, 6.07) is 8.10. The molecule has 0 heterocycles. The zero-order valence-corrected chi connectivity index (χ0v) is 11.1. The van der Waals surface area contributed by atoms with Crippen molar-refractivity contribution < 1.29 is 9.94 Å². The molecule has 0 fully saturated rings. The van der Waals surface area contributed by atoms with E-state index in [1.165, 1.54) is 5.56 Å². The van der Waals surface area contributed by atoms with Crippen LogP contribution in [0.5, 0.6) is 5.75 Å². The Kier molecular flexibility index (Phi) is 6.05. The fraction of sp³-hybridized carbons (Fsp3) is 0.500. The molecule has 18 heavy (non-hydrogen) atoms. The lowest BCUT2D eigenvalue weighted by Gasteiger charge is -2.13. The minimum absolute atomic E-state index is 0.276. The second-order valence-electron chi connectivity index (χ2n) is 4.59. The molecule has 0 unspecified atom stereocenters. The Balaban J connectivity index is 2.35. The summed E-state index contributed by atoms with van der Waals surface area (Å²) in [6.45, 7) is 4.96. The van der Waals surface area contributed by atoms with E-state index in [2.05, 4.69) is 25.1 Å². The number of oxime groups is 1. The Morgan fingerprint density at radius 1 is 1.33 bits per heavy atom. The third-order valence-corrected chi connectivity index (χ3v) is 2.75. The van der Waals surface area contributed by atoms with Crippen LogP contribution in [0.25, 0.3) is 0 Å². The number of nitrogens with zero attached hydrogens (tertiary/aromatic N) is 1. The molecule has 0 aliphatic rings. The van der Waals surface area contributed by atoms with Gasteiger partial charge in [-0.1, -0.05) is 37.2 Å². The molecule has 4 heteroatoms. The van der Waals surface area contributed by atoms with Crippen LogP contribution in [0.1, 0.15) is 44.6 Å². The minimum atomic E-state index is 0.276. The normalized spacial score (nSPS) is 11.8. The minimum Gasteiger partial charge on any atom is -0.493 e. The molecule has 0 aromatic heterocycles. The summed E-state index contributed by atoms with van der Waals surface area (Å²) in [4.78, 5) is 0. The van der Waals surface area contributed by atoms with Crippen molar-refractivity contribution in [1.82, 2.24) is 0 Å². The van der Waals surface area contributed by atoms with E-state index in [0.717, 1.165) is 18.6 Å². The number of amidine groups is 1. The largest absolute Gasteiger partial charge is 0.493 e. The summed E-state index contributed by atoms with van der Waals surface area (Å²) in [7, 11) is 0. The van der Waals surface area contributed by atoms with Crippen molar-refractivity contribution in [2.75, 3.05) is 6.61 Å². The summed E-state index contributed by atoms with van der Waals surface area (Å²) in [5.41, 5.74) is 6.62. The fourth-order valence-electron chi connectivity index (χ4n) is 1.73. The van der Waals surface area contributed by atoms with Gasteiger partial charge in [0.2, 0.25) is 0 Å². The average molecular weight is 250 g/mol. The highest BCUT2D eigenvalue weighted by Gasteiger charge is 2.06. The van der Waals surface area contributed by atoms with E-state index >= 15 is 0 Å². The van der Waals surface area contributed by atoms with Gasteiger partial charge in [-0.25, -0.2) is 0 Å². The SMILES string of the molecule is CC(C)c1ccccc1OCCCCC(N)=NO. The Morgan fingerprint density at radius 2 is 2.06 bits per heavy atom. The molecule has 0 saturated carbocycles. The zero-order chi connectivity index (χ0) is 13.4. The molecule has 1 rings (SSSR count). The van der Waals surface area contributed by atoms with Crippen molar-refractivity contribution >= 4 is 5.84 Å². The summed E-state index contributed by atoms with van der Waals surface area (Å²) < 4.78 is 5.77. The maximum Gasteiger partial charge on any atom is 0.139 e. The van der Waals surface area contributed by atoms with Crippen molar-refractivity contribution in [3.63, 3.8) is 0 Å². The highest BCUT2D eigenvalue weighted by Crippen LogP contribution is 2.25. The Bertz CT molecular complexity index is 389. The van der Waals surface area contributed by atoms with Crippen LogP contribution in [-0.4, -0.2) is 17.6 Å². The highest BCUT2D eigenvalue weighted by atomic mass is 16.5. The first kappa shape index (κ1) is 14.4. The molecule has 0 atom stereocenters. The maximum atomic E-state index is 8.40. The lowest BCUT2D eigenvalue weighted by atomic mass is 10.0. The lowest BCUT2D eigenvalue weighted by molar-refractivity contribution is 0.301. The molecule has 0 aliphatic heterocycles. The van der Waals surface area contributed by atoms with Gasteiger partial charge in [0.25, 0.3) is 0 Å². The van der Waals surface area contributed by atoms with E-state index in [9.17, 15) is 0 Å². The van der Waals surface area contributed by atoms with Gasteiger partial charge < -0.3 is 15.7 Å². The van der Waals surface area contributed by atoms with Crippen LogP contribution in [0.4, 0.5) is 0 Å². The number of ether oxygens (including phenoxy) is 1. The first-order valence-corrected chi connectivity index (χ1v) is 6.33. The smallest absolute Gasteiger partial charge is 0.139 e. The fourth-order valence-corrected chi connectivity index (χ4v) is 1.73. The number of rotatable bonds is 7. The molecule has 0 spiro atoms. The highest BCUT2D eigenvalue weighted by molar-refractivity contribution is 5.79. The number of unbranched alkanes of at least 4 members (excludes halogenated alkanes) is 1. The van der Waals surface area contributed by atoms with Gasteiger partial charge >= 0.3 is 0 Å². The molecule has 100 valence electrons. The monoisotopic (exact) mass is 250 g/mol. The van der Waals surface area contributed by atoms with Crippen molar-refractivity contribution in [2.45, 2.75) is 39.0 Å². The second-order valence-corrected chi connectivity index (χ2v) is 4.59. The third kappa shape index (κ3) is 4.65. The molecule has 0 saturated heterocycles. The van der Waals surface area contributed by atoms with E-state index < -0.39 is 0 Å². The van der Waals surface area contributed by atoms with Crippen LogP contribution in [0.3, 0.4) is 0 Å². The van der Waals surface area contributed by atoms with Crippen molar-refractivity contribution in [2.24, 2.45) is 10.9 Å². The molecule has 1 aromatic carbocycles. The molecule has 1 aromatic rings. The summed E-state index contributed by atoms with van der Waals surface area (Å²) >= 11 is 0. The van der Waals surface area contributed by atoms with Crippen LogP contribution in [0.2, 0.25) is 0 Å². The van der Waals surface area contributed by atoms with Crippen molar-refractivity contribution in [3.8, 4) is 5.75 Å². The molecular weight excluding hydrogens is 228 g/mol. The number of hydrogen-bond acceptors (Lipinski definition) is 3. The topological polar surface area (TPSA) is 67.8 Å². The van der Waals surface area contributed by atoms with Gasteiger partial charge in [-0.3, -0.25) is 0 Å². The van der Waals surface area contributed by atoms with Gasteiger partial charge in [-0.05, 0) is 30.4 Å². The molecule has 0 bridgehead atoms. The van der Waals surface area contributed by atoms with Crippen molar-refractivity contribution in [1.29, 1.82) is 0 Å². The molecular formula is C14H22N2O2.